The molecule has 2 amide bonds. The van der Waals surface area contributed by atoms with E-state index in [1.165, 1.54) is 6.07 Å². The van der Waals surface area contributed by atoms with Crippen molar-refractivity contribution in [3.63, 3.8) is 0 Å². The summed E-state index contributed by atoms with van der Waals surface area (Å²) in [7, 11) is 0. The van der Waals surface area contributed by atoms with Crippen molar-refractivity contribution in [3.05, 3.63) is 50.8 Å². The Morgan fingerprint density at radius 3 is 2.32 bits per heavy atom. The number of carbonyl (C=O) groups is 2. The van der Waals surface area contributed by atoms with E-state index < -0.39 is 11.8 Å². The van der Waals surface area contributed by atoms with Gasteiger partial charge < -0.3 is 19.6 Å². The summed E-state index contributed by atoms with van der Waals surface area (Å²) in [5.41, 5.74) is 8.37. The number of hydrogen-bond acceptors (Lipinski definition) is 3. The number of carboxylic acid groups (broad SMARTS) is 1. The molecule has 2 aliphatic rings. The monoisotopic (exact) mass is 510 g/mol. The summed E-state index contributed by atoms with van der Waals surface area (Å²) >= 11 is 0. The Morgan fingerprint density at radius 2 is 1.70 bits per heavy atom. The average Bonchev–Trinajstić information content (AvgIpc) is 3.11. The zero-order valence-corrected chi connectivity index (χ0v) is 22.8. The quantitative estimate of drug-likeness (QED) is 0.547. The molecular weight excluding hydrogens is 471 g/mol. The van der Waals surface area contributed by atoms with Gasteiger partial charge >= 0.3 is 12.0 Å². The fourth-order valence-electron chi connectivity index (χ4n) is 6.19. The first-order chi connectivity index (χ1) is 17.7. The number of ether oxygens (including phenoxy) is 1. The number of carboxylic acids is 1. The fraction of sp³-hybridized carbons (Fsp3) is 0.533. The topological polar surface area (TPSA) is 70.1 Å². The predicted octanol–water partition coefficient (Wildman–Crippen LogP) is 5.62. The van der Waals surface area contributed by atoms with Crippen LogP contribution in [0.15, 0.2) is 6.07 Å². The molecule has 0 aliphatic carbocycles. The standard InChI is InChI=1S/C30H39FN2O4/c1-6-12-32(7-2)30(36)33-13-10-21-18(3)25(17-27(34)35)28(20(5)22(21)11-14-33)24-16-26(31)29-23(19(24)4)9-8-15-37-29/h16H,6-15,17H2,1-5H3,(H,34,35). The fourth-order valence-corrected chi connectivity index (χ4v) is 6.19. The van der Waals surface area contributed by atoms with E-state index in [1.807, 2.05) is 37.5 Å². The molecule has 0 spiro atoms. The first-order valence-electron chi connectivity index (χ1n) is 13.5. The van der Waals surface area contributed by atoms with Gasteiger partial charge in [0.05, 0.1) is 13.0 Å². The van der Waals surface area contributed by atoms with Crippen LogP contribution in [-0.4, -0.2) is 59.7 Å². The van der Waals surface area contributed by atoms with Crippen LogP contribution in [0.1, 0.15) is 65.6 Å². The molecule has 37 heavy (non-hydrogen) atoms. The zero-order chi connectivity index (χ0) is 26.9. The smallest absolute Gasteiger partial charge is 0.320 e. The highest BCUT2D eigenvalue weighted by atomic mass is 19.1. The van der Waals surface area contributed by atoms with E-state index in [9.17, 15) is 14.7 Å². The number of hydrogen-bond donors (Lipinski definition) is 1. The molecule has 4 rings (SSSR count). The average molecular weight is 511 g/mol. The Labute approximate surface area is 219 Å². The number of rotatable bonds is 6. The van der Waals surface area contributed by atoms with Gasteiger partial charge in [0.15, 0.2) is 11.6 Å². The summed E-state index contributed by atoms with van der Waals surface area (Å²) < 4.78 is 20.9. The normalized spacial score (nSPS) is 14.9. The number of urea groups is 1. The van der Waals surface area contributed by atoms with Gasteiger partial charge in [-0.2, -0.15) is 0 Å². The molecule has 2 aliphatic heterocycles. The second kappa shape index (κ2) is 11.1. The van der Waals surface area contributed by atoms with Crippen LogP contribution in [0, 0.1) is 26.6 Å². The third-order valence-corrected chi connectivity index (χ3v) is 8.11. The highest BCUT2D eigenvalue weighted by Crippen LogP contribution is 2.42. The highest BCUT2D eigenvalue weighted by molar-refractivity contribution is 5.84. The maximum Gasteiger partial charge on any atom is 0.320 e. The molecule has 0 aromatic heterocycles. The van der Waals surface area contributed by atoms with Crippen molar-refractivity contribution < 1.29 is 23.8 Å². The molecule has 0 bridgehead atoms. The molecular formula is C30H39FN2O4. The first-order valence-corrected chi connectivity index (χ1v) is 13.5. The van der Waals surface area contributed by atoms with E-state index in [2.05, 4.69) is 6.92 Å². The van der Waals surface area contributed by atoms with Crippen LogP contribution in [0.5, 0.6) is 5.75 Å². The summed E-state index contributed by atoms with van der Waals surface area (Å²) in [6.07, 6.45) is 3.72. The SMILES string of the molecule is CCCN(CC)C(=O)N1CCc2c(C)c(CC(=O)O)c(-c3cc(F)c4c(c3C)CCCO4)c(C)c2CC1. The van der Waals surface area contributed by atoms with Gasteiger partial charge in [-0.3, -0.25) is 4.79 Å². The Bertz CT molecular complexity index is 1220. The third-order valence-electron chi connectivity index (χ3n) is 8.11. The molecule has 0 atom stereocenters. The summed E-state index contributed by atoms with van der Waals surface area (Å²) in [6, 6.07) is 1.58. The number of amides is 2. The molecule has 200 valence electrons. The Balaban J connectivity index is 1.84. The first kappa shape index (κ1) is 27.0. The van der Waals surface area contributed by atoms with E-state index in [0.29, 0.717) is 44.8 Å². The van der Waals surface area contributed by atoms with E-state index in [0.717, 1.165) is 75.9 Å². The lowest BCUT2D eigenvalue weighted by Gasteiger charge is -2.29. The van der Waals surface area contributed by atoms with Gasteiger partial charge in [0.2, 0.25) is 0 Å². The van der Waals surface area contributed by atoms with Crippen LogP contribution in [0.25, 0.3) is 11.1 Å². The van der Waals surface area contributed by atoms with Gasteiger partial charge in [0, 0.05) is 31.7 Å². The Hall–Kier alpha value is -3.09. The van der Waals surface area contributed by atoms with Crippen LogP contribution in [0.3, 0.4) is 0 Å². The lowest BCUT2D eigenvalue weighted by Crippen LogP contribution is -2.44. The summed E-state index contributed by atoms with van der Waals surface area (Å²) in [6.45, 7) is 13.2. The minimum absolute atomic E-state index is 0.0612. The molecule has 6 nitrogen and oxygen atoms in total. The second-order valence-corrected chi connectivity index (χ2v) is 10.3. The van der Waals surface area contributed by atoms with Crippen molar-refractivity contribution in [2.45, 2.75) is 73.1 Å². The number of benzene rings is 2. The molecule has 2 heterocycles. The summed E-state index contributed by atoms with van der Waals surface area (Å²) in [4.78, 5) is 29.0. The van der Waals surface area contributed by atoms with E-state index >= 15 is 4.39 Å². The van der Waals surface area contributed by atoms with Crippen LogP contribution >= 0.6 is 0 Å². The van der Waals surface area contributed by atoms with Gasteiger partial charge in [-0.05, 0) is 110 Å². The minimum Gasteiger partial charge on any atom is -0.490 e. The van der Waals surface area contributed by atoms with Gasteiger partial charge in [-0.1, -0.05) is 6.92 Å². The Kier molecular flexibility index (Phi) is 8.10. The predicted molar refractivity (Wildman–Crippen MR) is 143 cm³/mol. The number of halogens is 1. The van der Waals surface area contributed by atoms with Crippen LogP contribution in [0.2, 0.25) is 0 Å². The van der Waals surface area contributed by atoms with E-state index in [-0.39, 0.29) is 12.5 Å². The lowest BCUT2D eigenvalue weighted by molar-refractivity contribution is -0.136. The van der Waals surface area contributed by atoms with Crippen molar-refractivity contribution in [2.75, 3.05) is 32.8 Å². The number of carbonyl (C=O) groups excluding carboxylic acids is 1. The minimum atomic E-state index is -0.910. The number of aliphatic carboxylic acids is 1. The van der Waals surface area contributed by atoms with Crippen molar-refractivity contribution >= 4 is 12.0 Å². The van der Waals surface area contributed by atoms with Crippen LogP contribution in [-0.2, 0) is 30.5 Å². The van der Waals surface area contributed by atoms with Gasteiger partial charge in [-0.15, -0.1) is 0 Å². The third kappa shape index (κ3) is 5.05. The molecule has 0 fully saturated rings. The van der Waals surface area contributed by atoms with Crippen molar-refractivity contribution in [2.24, 2.45) is 0 Å². The van der Waals surface area contributed by atoms with Crippen LogP contribution in [0.4, 0.5) is 9.18 Å². The van der Waals surface area contributed by atoms with Crippen molar-refractivity contribution in [3.8, 4) is 16.9 Å². The molecule has 1 N–H and O–H groups in total. The van der Waals surface area contributed by atoms with Crippen LogP contribution < -0.4 is 4.74 Å². The molecule has 7 heteroatoms. The molecule has 0 radical (unpaired) electrons. The van der Waals surface area contributed by atoms with Crippen molar-refractivity contribution in [1.82, 2.24) is 9.80 Å². The van der Waals surface area contributed by atoms with Gasteiger partial charge in [0.25, 0.3) is 0 Å². The molecule has 0 unspecified atom stereocenters. The number of fused-ring (bicyclic) bond motifs is 2. The maximum atomic E-state index is 15.3. The largest absolute Gasteiger partial charge is 0.490 e. The number of nitrogens with zero attached hydrogens (tertiary/aromatic N) is 2. The second-order valence-electron chi connectivity index (χ2n) is 10.3. The van der Waals surface area contributed by atoms with E-state index in [4.69, 9.17) is 4.74 Å². The molecule has 2 aromatic carbocycles. The summed E-state index contributed by atoms with van der Waals surface area (Å²) in [5, 5.41) is 9.83. The van der Waals surface area contributed by atoms with Gasteiger partial charge in [-0.25, -0.2) is 9.18 Å². The molecule has 0 saturated carbocycles. The van der Waals surface area contributed by atoms with Crippen molar-refractivity contribution in [1.29, 1.82) is 0 Å². The summed E-state index contributed by atoms with van der Waals surface area (Å²) in [5.74, 6) is -0.972. The zero-order valence-electron chi connectivity index (χ0n) is 22.8. The lowest BCUT2D eigenvalue weighted by atomic mass is 9.80. The van der Waals surface area contributed by atoms with E-state index in [1.54, 1.807) is 0 Å². The molecule has 2 aromatic rings. The highest BCUT2D eigenvalue weighted by Gasteiger charge is 2.29. The maximum absolute atomic E-state index is 15.3. The van der Waals surface area contributed by atoms with Gasteiger partial charge in [0.1, 0.15) is 0 Å². The molecule has 0 saturated heterocycles. The Morgan fingerprint density at radius 1 is 1.03 bits per heavy atom.